The van der Waals surface area contributed by atoms with Gasteiger partial charge < -0.3 is 4.74 Å². The molecule has 1 heterocycles. The molecule has 22 heavy (non-hydrogen) atoms. The summed E-state index contributed by atoms with van der Waals surface area (Å²) in [5.41, 5.74) is -0.384. The van der Waals surface area contributed by atoms with E-state index in [9.17, 15) is 22.8 Å². The van der Waals surface area contributed by atoms with E-state index in [2.05, 4.69) is 15.0 Å². The summed E-state index contributed by atoms with van der Waals surface area (Å²) in [6, 6.07) is 0.785. The van der Waals surface area contributed by atoms with E-state index in [1.54, 1.807) is 6.92 Å². The van der Waals surface area contributed by atoms with Crippen molar-refractivity contribution >= 4 is 38.6 Å². The molecule has 0 atom stereocenters. The fourth-order valence-corrected chi connectivity index (χ4v) is 2.41. The standard InChI is InChI=1S/C13H9F3N2O3S/c1-2-3-9(20)21-5-8(19)17-13-18-12-7(22-13)4-6(14)10(15)11(12)16/h2-4H,5H2,1H3,(H,17,18,19). The number of thiazole rings is 1. The van der Waals surface area contributed by atoms with E-state index in [-0.39, 0.29) is 15.3 Å². The normalized spacial score (nSPS) is 11.1. The smallest absolute Gasteiger partial charge is 0.330 e. The van der Waals surface area contributed by atoms with Crippen LogP contribution in [0.2, 0.25) is 0 Å². The van der Waals surface area contributed by atoms with Crippen LogP contribution in [-0.4, -0.2) is 23.5 Å². The van der Waals surface area contributed by atoms with Crippen LogP contribution in [0.25, 0.3) is 10.2 Å². The topological polar surface area (TPSA) is 68.3 Å². The number of aromatic nitrogens is 1. The number of rotatable bonds is 4. The number of allylic oxidation sites excluding steroid dienone is 1. The summed E-state index contributed by atoms with van der Waals surface area (Å²) in [4.78, 5) is 26.2. The predicted octanol–water partition coefficient (Wildman–Crippen LogP) is 2.77. The number of fused-ring (bicyclic) bond motifs is 1. The molecule has 1 N–H and O–H groups in total. The van der Waals surface area contributed by atoms with Crippen molar-refractivity contribution in [1.29, 1.82) is 0 Å². The summed E-state index contributed by atoms with van der Waals surface area (Å²) in [6.45, 7) is 1.04. The zero-order chi connectivity index (χ0) is 16.3. The van der Waals surface area contributed by atoms with Gasteiger partial charge in [-0.1, -0.05) is 17.4 Å². The summed E-state index contributed by atoms with van der Waals surface area (Å²) in [7, 11) is 0. The molecule has 1 aromatic heterocycles. The van der Waals surface area contributed by atoms with Gasteiger partial charge in [-0.25, -0.2) is 22.9 Å². The third kappa shape index (κ3) is 3.42. The lowest BCUT2D eigenvalue weighted by Gasteiger charge is -2.01. The van der Waals surface area contributed by atoms with Gasteiger partial charge in [0.2, 0.25) is 0 Å². The number of amides is 1. The van der Waals surface area contributed by atoms with Crippen LogP contribution in [0.1, 0.15) is 6.92 Å². The Bertz CT molecular complexity index is 773. The van der Waals surface area contributed by atoms with Gasteiger partial charge in [0.15, 0.2) is 29.2 Å². The number of carbonyl (C=O) groups excluding carboxylic acids is 2. The second kappa shape index (κ2) is 6.56. The lowest BCUT2D eigenvalue weighted by Crippen LogP contribution is -2.19. The fraction of sp³-hybridized carbons (Fsp3) is 0.154. The summed E-state index contributed by atoms with van der Waals surface area (Å²) < 4.78 is 44.3. The van der Waals surface area contributed by atoms with Crippen molar-refractivity contribution in [3.63, 3.8) is 0 Å². The second-order valence-corrected chi connectivity index (χ2v) is 5.04. The number of hydrogen-bond acceptors (Lipinski definition) is 5. The molecule has 0 aliphatic rings. The van der Waals surface area contributed by atoms with Crippen LogP contribution in [0.5, 0.6) is 0 Å². The molecule has 0 saturated carbocycles. The van der Waals surface area contributed by atoms with Crippen molar-refractivity contribution in [3.8, 4) is 0 Å². The highest BCUT2D eigenvalue weighted by atomic mass is 32.1. The minimum Gasteiger partial charge on any atom is -0.452 e. The van der Waals surface area contributed by atoms with Gasteiger partial charge in [-0.3, -0.25) is 10.1 Å². The monoisotopic (exact) mass is 330 g/mol. The summed E-state index contributed by atoms with van der Waals surface area (Å²) in [5.74, 6) is -5.80. The number of carbonyl (C=O) groups is 2. The van der Waals surface area contributed by atoms with Gasteiger partial charge in [0.25, 0.3) is 5.91 Å². The van der Waals surface area contributed by atoms with Gasteiger partial charge in [-0.15, -0.1) is 0 Å². The molecule has 0 spiro atoms. The van der Waals surface area contributed by atoms with Crippen LogP contribution in [0.15, 0.2) is 18.2 Å². The molecule has 1 amide bonds. The Morgan fingerprint density at radius 3 is 2.77 bits per heavy atom. The first-order valence-electron chi connectivity index (χ1n) is 5.95. The molecule has 0 aliphatic heterocycles. The van der Waals surface area contributed by atoms with E-state index in [0.29, 0.717) is 0 Å². The molecular weight excluding hydrogens is 321 g/mol. The molecule has 0 fully saturated rings. The zero-order valence-electron chi connectivity index (χ0n) is 11.2. The number of halogens is 3. The van der Waals surface area contributed by atoms with Gasteiger partial charge in [0, 0.05) is 6.08 Å². The molecular formula is C13H9F3N2O3S. The van der Waals surface area contributed by atoms with Crippen LogP contribution < -0.4 is 5.32 Å². The second-order valence-electron chi connectivity index (χ2n) is 4.01. The molecule has 0 unspecified atom stereocenters. The summed E-state index contributed by atoms with van der Waals surface area (Å²) >= 11 is 0.763. The molecule has 116 valence electrons. The quantitative estimate of drug-likeness (QED) is 0.532. The molecule has 2 aromatic rings. The van der Waals surface area contributed by atoms with Crippen LogP contribution >= 0.6 is 11.3 Å². The van der Waals surface area contributed by atoms with E-state index in [0.717, 1.165) is 23.5 Å². The minimum atomic E-state index is -1.63. The Labute approximate surface area is 126 Å². The van der Waals surface area contributed by atoms with Crippen LogP contribution in [-0.2, 0) is 14.3 Å². The SMILES string of the molecule is CC=CC(=O)OCC(=O)Nc1nc2c(F)c(F)c(F)cc2s1. The third-order valence-corrected chi connectivity index (χ3v) is 3.33. The molecule has 2 rings (SSSR count). The molecule has 0 aliphatic carbocycles. The average molecular weight is 330 g/mol. The lowest BCUT2D eigenvalue weighted by molar-refractivity contribution is -0.142. The Kier molecular flexibility index (Phi) is 4.76. The van der Waals surface area contributed by atoms with Gasteiger partial charge in [-0.05, 0) is 13.0 Å². The largest absolute Gasteiger partial charge is 0.452 e. The number of benzene rings is 1. The Hall–Kier alpha value is -2.42. The molecule has 0 saturated heterocycles. The first-order chi connectivity index (χ1) is 10.4. The maximum atomic E-state index is 13.5. The van der Waals surface area contributed by atoms with Crippen molar-refractivity contribution in [3.05, 3.63) is 35.7 Å². The van der Waals surface area contributed by atoms with E-state index >= 15 is 0 Å². The number of nitrogens with one attached hydrogen (secondary N) is 1. The Morgan fingerprint density at radius 2 is 2.09 bits per heavy atom. The number of nitrogens with zero attached hydrogens (tertiary/aromatic N) is 1. The number of anilines is 1. The molecule has 5 nitrogen and oxygen atoms in total. The van der Waals surface area contributed by atoms with Crippen LogP contribution in [0.4, 0.5) is 18.3 Å². The zero-order valence-corrected chi connectivity index (χ0v) is 12.0. The van der Waals surface area contributed by atoms with E-state index < -0.39 is 35.9 Å². The third-order valence-electron chi connectivity index (χ3n) is 2.42. The number of ether oxygens (including phenoxy) is 1. The van der Waals surface area contributed by atoms with Crippen molar-refractivity contribution in [1.82, 2.24) is 4.98 Å². The van der Waals surface area contributed by atoms with E-state index in [1.165, 1.54) is 6.08 Å². The fourth-order valence-electron chi connectivity index (χ4n) is 1.50. The highest BCUT2D eigenvalue weighted by Gasteiger charge is 2.18. The minimum absolute atomic E-state index is 0.0395. The predicted molar refractivity (Wildman–Crippen MR) is 73.9 cm³/mol. The number of hydrogen-bond donors (Lipinski definition) is 1. The van der Waals surface area contributed by atoms with Crippen LogP contribution in [0, 0.1) is 17.5 Å². The molecule has 0 bridgehead atoms. The van der Waals surface area contributed by atoms with E-state index in [1.807, 2.05) is 0 Å². The summed E-state index contributed by atoms with van der Waals surface area (Å²) in [5, 5.41) is 2.19. The highest BCUT2D eigenvalue weighted by molar-refractivity contribution is 7.22. The Balaban J connectivity index is 2.10. The van der Waals surface area contributed by atoms with Gasteiger partial charge in [-0.2, -0.15) is 0 Å². The van der Waals surface area contributed by atoms with Crippen LogP contribution in [0.3, 0.4) is 0 Å². The lowest BCUT2D eigenvalue weighted by atomic mass is 10.3. The Morgan fingerprint density at radius 1 is 1.36 bits per heavy atom. The first-order valence-corrected chi connectivity index (χ1v) is 6.77. The molecule has 9 heteroatoms. The maximum Gasteiger partial charge on any atom is 0.330 e. The highest BCUT2D eigenvalue weighted by Crippen LogP contribution is 2.30. The molecule has 0 radical (unpaired) electrons. The van der Waals surface area contributed by atoms with Crippen molar-refractivity contribution in [2.24, 2.45) is 0 Å². The van der Waals surface area contributed by atoms with E-state index in [4.69, 9.17) is 0 Å². The van der Waals surface area contributed by atoms with Crippen molar-refractivity contribution in [2.75, 3.05) is 11.9 Å². The average Bonchev–Trinajstić information content (AvgIpc) is 2.85. The summed E-state index contributed by atoms with van der Waals surface area (Å²) in [6.07, 6.45) is 2.57. The van der Waals surface area contributed by atoms with Crippen molar-refractivity contribution in [2.45, 2.75) is 6.92 Å². The van der Waals surface area contributed by atoms with Gasteiger partial charge in [0.1, 0.15) is 5.52 Å². The van der Waals surface area contributed by atoms with Gasteiger partial charge >= 0.3 is 5.97 Å². The van der Waals surface area contributed by atoms with Gasteiger partial charge in [0.05, 0.1) is 4.70 Å². The molecule has 1 aromatic carbocycles. The number of esters is 1. The first kappa shape index (κ1) is 16.0. The van der Waals surface area contributed by atoms with Crippen molar-refractivity contribution < 1.29 is 27.5 Å². The maximum absolute atomic E-state index is 13.5.